The van der Waals surface area contributed by atoms with Crippen LogP contribution in [0, 0.1) is 13.8 Å². The van der Waals surface area contributed by atoms with Crippen molar-refractivity contribution in [1.82, 2.24) is 9.55 Å². The average molecular weight is 322 g/mol. The van der Waals surface area contributed by atoms with Crippen molar-refractivity contribution in [2.45, 2.75) is 13.8 Å². The molecule has 0 saturated heterocycles. The number of pyridine rings is 2. The van der Waals surface area contributed by atoms with Crippen molar-refractivity contribution >= 4 is 17.3 Å². The first-order valence-corrected chi connectivity index (χ1v) is 7.19. The normalized spacial score (nSPS) is 12.6. The van der Waals surface area contributed by atoms with E-state index >= 15 is 0 Å². The predicted molar refractivity (Wildman–Crippen MR) is 89.6 cm³/mol. The Morgan fingerprint density at radius 3 is 2.29 bits per heavy atom. The van der Waals surface area contributed by atoms with E-state index in [0.717, 1.165) is 4.57 Å². The molecule has 0 saturated carbocycles. The lowest BCUT2D eigenvalue weighted by atomic mass is 9.85. The van der Waals surface area contributed by atoms with E-state index in [9.17, 15) is 19.2 Å². The van der Waals surface area contributed by atoms with Crippen LogP contribution in [-0.2, 0) is 0 Å². The Hall–Kier alpha value is -3.28. The quantitative estimate of drug-likeness (QED) is 0.726. The number of H-pyrrole nitrogens is 1. The highest BCUT2D eigenvalue weighted by atomic mass is 16.2. The first kappa shape index (κ1) is 15.6. The highest BCUT2D eigenvalue weighted by Crippen LogP contribution is 2.29. The van der Waals surface area contributed by atoms with Gasteiger partial charge < -0.3 is 4.98 Å². The molecular formula is C18H14N2O4. The zero-order valence-electron chi connectivity index (χ0n) is 13.2. The number of allylic oxidation sites excluding steroid dienone is 2. The van der Waals surface area contributed by atoms with Gasteiger partial charge in [-0.25, -0.2) is 0 Å². The number of carbonyl (C=O) groups excluding carboxylic acids is 2. The Labute approximate surface area is 136 Å². The second-order valence-electron chi connectivity index (χ2n) is 5.64. The molecular weight excluding hydrogens is 308 g/mol. The molecule has 6 nitrogen and oxygen atoms in total. The van der Waals surface area contributed by atoms with Gasteiger partial charge in [0.05, 0.1) is 11.1 Å². The molecule has 2 aromatic heterocycles. The Balaban J connectivity index is 2.51. The topological polar surface area (TPSA) is 89.0 Å². The largest absolute Gasteiger partial charge is 0.318 e. The van der Waals surface area contributed by atoms with Gasteiger partial charge in [-0.2, -0.15) is 0 Å². The smallest absolute Gasteiger partial charge is 0.255 e. The number of fused-ring (bicyclic) bond motifs is 2. The van der Waals surface area contributed by atoms with Gasteiger partial charge in [-0.05, 0) is 31.1 Å². The second kappa shape index (κ2) is 5.13. The van der Waals surface area contributed by atoms with Gasteiger partial charge in [-0.1, -0.05) is 13.2 Å². The van der Waals surface area contributed by atoms with Crippen LogP contribution >= 0.6 is 0 Å². The fourth-order valence-electron chi connectivity index (χ4n) is 3.00. The number of aryl methyl sites for hydroxylation is 2. The number of hydrogen-bond donors (Lipinski definition) is 1. The summed E-state index contributed by atoms with van der Waals surface area (Å²) < 4.78 is 1.05. The maximum atomic E-state index is 12.9. The number of ketones is 2. The van der Waals surface area contributed by atoms with Crippen LogP contribution in [0.25, 0.3) is 5.70 Å². The highest BCUT2D eigenvalue weighted by Gasteiger charge is 2.36. The van der Waals surface area contributed by atoms with Crippen molar-refractivity contribution in [3.8, 4) is 0 Å². The zero-order chi connectivity index (χ0) is 17.8. The van der Waals surface area contributed by atoms with Crippen molar-refractivity contribution in [3.05, 3.63) is 85.7 Å². The van der Waals surface area contributed by atoms with Crippen molar-refractivity contribution in [3.63, 3.8) is 0 Å². The van der Waals surface area contributed by atoms with E-state index < -0.39 is 22.7 Å². The maximum absolute atomic E-state index is 12.9. The Morgan fingerprint density at radius 2 is 1.67 bits per heavy atom. The molecule has 0 aliphatic heterocycles. The first-order valence-electron chi connectivity index (χ1n) is 7.19. The van der Waals surface area contributed by atoms with E-state index in [1.165, 1.54) is 18.2 Å². The molecule has 2 heterocycles. The standard InChI is InChI=1S/C18H14N2O4/c1-5-10(4)20-12(22)7-9(3)14-16(20)18(24)15-13(17(14)23)8(2)6-11(21)19-15/h5-7H,1,4H2,2-3H3,(H,19,21). The van der Waals surface area contributed by atoms with Gasteiger partial charge in [-0.3, -0.25) is 23.7 Å². The lowest BCUT2D eigenvalue weighted by Gasteiger charge is -2.23. The molecule has 0 atom stereocenters. The van der Waals surface area contributed by atoms with Gasteiger partial charge in [0.1, 0.15) is 11.4 Å². The van der Waals surface area contributed by atoms with Gasteiger partial charge >= 0.3 is 0 Å². The summed E-state index contributed by atoms with van der Waals surface area (Å²) in [6.07, 6.45) is 1.32. The molecule has 0 fully saturated rings. The minimum atomic E-state index is -0.593. The van der Waals surface area contributed by atoms with Crippen molar-refractivity contribution < 1.29 is 9.59 Å². The zero-order valence-corrected chi connectivity index (χ0v) is 13.2. The van der Waals surface area contributed by atoms with Crippen LogP contribution in [-0.4, -0.2) is 21.1 Å². The summed E-state index contributed by atoms with van der Waals surface area (Å²) in [5.74, 6) is -0.999. The summed E-state index contributed by atoms with van der Waals surface area (Å²) in [5, 5.41) is 0. The molecule has 3 rings (SSSR count). The number of aromatic amines is 1. The molecule has 6 heteroatoms. The predicted octanol–water partition coefficient (Wildman–Crippen LogP) is 1.59. The molecule has 0 aromatic carbocycles. The van der Waals surface area contributed by atoms with Crippen LogP contribution in [0.1, 0.15) is 43.2 Å². The summed E-state index contributed by atoms with van der Waals surface area (Å²) in [4.78, 5) is 52.3. The number of aromatic nitrogens is 2. The molecule has 0 radical (unpaired) electrons. The second-order valence-corrected chi connectivity index (χ2v) is 5.64. The molecule has 1 N–H and O–H groups in total. The van der Waals surface area contributed by atoms with E-state index in [0.29, 0.717) is 11.1 Å². The number of rotatable bonds is 2. The number of carbonyl (C=O) groups is 2. The Kier molecular flexibility index (Phi) is 3.33. The minimum Gasteiger partial charge on any atom is -0.318 e. The van der Waals surface area contributed by atoms with Gasteiger partial charge in [0.15, 0.2) is 5.78 Å². The molecule has 1 aliphatic carbocycles. The third kappa shape index (κ3) is 1.96. The molecule has 1 aliphatic rings. The third-order valence-electron chi connectivity index (χ3n) is 4.07. The molecule has 0 unspecified atom stereocenters. The fraction of sp³-hybridized carbons (Fsp3) is 0.111. The van der Waals surface area contributed by atoms with E-state index in [-0.39, 0.29) is 28.2 Å². The van der Waals surface area contributed by atoms with Crippen LogP contribution in [0.15, 0.2) is 41.0 Å². The molecule has 24 heavy (non-hydrogen) atoms. The third-order valence-corrected chi connectivity index (χ3v) is 4.07. The summed E-state index contributed by atoms with van der Waals surface area (Å²) in [6.45, 7) is 10.4. The first-order chi connectivity index (χ1) is 11.3. The Bertz CT molecular complexity index is 1080. The van der Waals surface area contributed by atoms with Gasteiger partial charge in [-0.15, -0.1) is 0 Å². The monoisotopic (exact) mass is 322 g/mol. The van der Waals surface area contributed by atoms with Gasteiger partial charge in [0, 0.05) is 17.8 Å². The van der Waals surface area contributed by atoms with Crippen LogP contribution in [0.5, 0.6) is 0 Å². The minimum absolute atomic E-state index is 0.0938. The number of hydrogen-bond acceptors (Lipinski definition) is 4. The highest BCUT2D eigenvalue weighted by molar-refractivity contribution is 6.28. The van der Waals surface area contributed by atoms with Gasteiger partial charge in [0.2, 0.25) is 11.3 Å². The van der Waals surface area contributed by atoms with Crippen LogP contribution in [0.2, 0.25) is 0 Å². The van der Waals surface area contributed by atoms with Crippen molar-refractivity contribution in [2.75, 3.05) is 0 Å². The average Bonchev–Trinajstić information content (AvgIpc) is 2.50. The summed E-state index contributed by atoms with van der Waals surface area (Å²) >= 11 is 0. The number of nitrogens with one attached hydrogen (secondary N) is 1. The van der Waals surface area contributed by atoms with E-state index in [4.69, 9.17) is 0 Å². The van der Waals surface area contributed by atoms with Gasteiger partial charge in [0.25, 0.3) is 5.56 Å². The van der Waals surface area contributed by atoms with Crippen LogP contribution in [0.4, 0.5) is 0 Å². The van der Waals surface area contributed by atoms with Crippen LogP contribution in [0.3, 0.4) is 0 Å². The SMILES string of the molecule is C=CC(=C)n1c2c(c(C)cc1=O)C(=O)c1c(C)cc(=O)[nH]c1C2=O. The molecule has 2 aromatic rings. The van der Waals surface area contributed by atoms with E-state index in [2.05, 4.69) is 18.1 Å². The van der Waals surface area contributed by atoms with E-state index in [1.807, 2.05) is 0 Å². The maximum Gasteiger partial charge on any atom is 0.255 e. The fourth-order valence-corrected chi connectivity index (χ4v) is 3.00. The van der Waals surface area contributed by atoms with Crippen molar-refractivity contribution in [2.24, 2.45) is 0 Å². The van der Waals surface area contributed by atoms with Crippen molar-refractivity contribution in [1.29, 1.82) is 0 Å². The summed E-state index contributed by atoms with van der Waals surface area (Å²) in [6, 6.07) is 2.55. The lowest BCUT2D eigenvalue weighted by Crippen LogP contribution is -2.35. The Morgan fingerprint density at radius 1 is 1.04 bits per heavy atom. The summed E-state index contributed by atoms with van der Waals surface area (Å²) in [5.41, 5.74) is 0.119. The number of nitrogens with zero attached hydrogens (tertiary/aromatic N) is 1. The lowest BCUT2D eigenvalue weighted by molar-refractivity contribution is 0.0968. The molecule has 0 bridgehead atoms. The molecule has 0 amide bonds. The van der Waals surface area contributed by atoms with E-state index in [1.54, 1.807) is 13.8 Å². The molecule has 120 valence electrons. The summed E-state index contributed by atoms with van der Waals surface area (Å²) in [7, 11) is 0. The molecule has 0 spiro atoms. The van der Waals surface area contributed by atoms with Crippen LogP contribution < -0.4 is 11.1 Å².